The molecule has 1 heterocycles. The Morgan fingerprint density at radius 2 is 2.33 bits per heavy atom. The van der Waals surface area contributed by atoms with Gasteiger partial charge in [0.1, 0.15) is 6.04 Å². The summed E-state index contributed by atoms with van der Waals surface area (Å²) in [4.78, 5) is 22.5. The Labute approximate surface area is 116 Å². The highest BCUT2D eigenvalue weighted by Gasteiger charge is 2.20. The van der Waals surface area contributed by atoms with Gasteiger partial charge in [-0.15, -0.1) is 0 Å². The minimum absolute atomic E-state index is 0.375. The highest BCUT2D eigenvalue weighted by atomic mass is 32.2. The van der Waals surface area contributed by atoms with Crippen LogP contribution in [-0.2, 0) is 4.79 Å². The summed E-state index contributed by atoms with van der Waals surface area (Å²) in [5, 5.41) is 14.2. The Hall–Kier alpha value is -0.560. The van der Waals surface area contributed by atoms with E-state index in [2.05, 4.69) is 10.6 Å². The first-order valence-corrected chi connectivity index (χ1v) is 8.52. The average molecular weight is 292 g/mol. The lowest BCUT2D eigenvalue weighted by Crippen LogP contribution is -2.47. The number of carboxylic acids is 1. The molecular formula is C11H20N2O3S2. The molecule has 0 radical (unpaired) electrons. The molecule has 5 nitrogen and oxygen atoms in total. The second-order valence-corrected chi connectivity index (χ2v) is 6.39. The van der Waals surface area contributed by atoms with Gasteiger partial charge in [0.2, 0.25) is 0 Å². The Morgan fingerprint density at radius 3 is 2.89 bits per heavy atom. The van der Waals surface area contributed by atoms with Gasteiger partial charge >= 0.3 is 12.0 Å². The fraction of sp³-hybridized carbons (Fsp3) is 0.818. The third-order valence-electron chi connectivity index (χ3n) is 2.79. The summed E-state index contributed by atoms with van der Waals surface area (Å²) in [5.41, 5.74) is 0. The van der Waals surface area contributed by atoms with Crippen LogP contribution in [0.1, 0.15) is 12.8 Å². The summed E-state index contributed by atoms with van der Waals surface area (Å²) in [6.07, 6.45) is 3.49. The van der Waals surface area contributed by atoms with Crippen molar-refractivity contribution in [2.45, 2.75) is 18.9 Å². The highest BCUT2D eigenvalue weighted by Crippen LogP contribution is 2.22. The molecule has 0 spiro atoms. The van der Waals surface area contributed by atoms with Gasteiger partial charge in [-0.2, -0.15) is 23.5 Å². The third-order valence-corrected chi connectivity index (χ3v) is 4.66. The number of urea groups is 1. The lowest BCUT2D eigenvalue weighted by molar-refractivity contribution is -0.139. The monoisotopic (exact) mass is 292 g/mol. The van der Waals surface area contributed by atoms with Crippen molar-refractivity contribution in [3.05, 3.63) is 0 Å². The number of hydrogen-bond acceptors (Lipinski definition) is 4. The fourth-order valence-corrected chi connectivity index (χ4v) is 3.44. The Bertz CT molecular complexity index is 283. The zero-order valence-corrected chi connectivity index (χ0v) is 12.1. The summed E-state index contributed by atoms with van der Waals surface area (Å²) in [7, 11) is 0. The van der Waals surface area contributed by atoms with Crippen molar-refractivity contribution >= 4 is 35.5 Å². The van der Waals surface area contributed by atoms with Gasteiger partial charge in [-0.3, -0.25) is 0 Å². The molecular weight excluding hydrogens is 272 g/mol. The fourth-order valence-electron chi connectivity index (χ4n) is 1.68. The van der Waals surface area contributed by atoms with E-state index in [4.69, 9.17) is 5.11 Å². The maximum Gasteiger partial charge on any atom is 0.326 e. The summed E-state index contributed by atoms with van der Waals surface area (Å²) >= 11 is 3.47. The molecule has 18 heavy (non-hydrogen) atoms. The molecule has 0 aromatic rings. The third kappa shape index (κ3) is 5.86. The molecule has 0 saturated carbocycles. The van der Waals surface area contributed by atoms with Gasteiger partial charge in [0.05, 0.1) is 0 Å². The largest absolute Gasteiger partial charge is 0.480 e. The number of rotatable bonds is 7. The van der Waals surface area contributed by atoms with Crippen LogP contribution in [0.2, 0.25) is 0 Å². The quantitative estimate of drug-likeness (QED) is 0.658. The van der Waals surface area contributed by atoms with Crippen LogP contribution < -0.4 is 10.6 Å². The van der Waals surface area contributed by atoms with Gasteiger partial charge in [0.15, 0.2) is 0 Å². The SMILES string of the molecule is CSCCC(NC(=O)NCC1CCSC1)C(=O)O. The lowest BCUT2D eigenvalue weighted by Gasteiger charge is -2.16. The van der Waals surface area contributed by atoms with Crippen molar-refractivity contribution in [2.75, 3.05) is 30.1 Å². The molecule has 1 aliphatic rings. The molecule has 1 aliphatic heterocycles. The predicted octanol–water partition coefficient (Wildman–Crippen LogP) is 1.24. The van der Waals surface area contributed by atoms with E-state index in [1.165, 1.54) is 0 Å². The van der Waals surface area contributed by atoms with Crippen molar-refractivity contribution in [3.8, 4) is 0 Å². The van der Waals surface area contributed by atoms with Gasteiger partial charge in [-0.05, 0) is 42.3 Å². The van der Waals surface area contributed by atoms with Crippen molar-refractivity contribution in [2.24, 2.45) is 5.92 Å². The van der Waals surface area contributed by atoms with Gasteiger partial charge in [-0.1, -0.05) is 0 Å². The van der Waals surface area contributed by atoms with Gasteiger partial charge in [-0.25, -0.2) is 9.59 Å². The lowest BCUT2D eigenvalue weighted by atomic mass is 10.1. The van der Waals surface area contributed by atoms with Crippen molar-refractivity contribution in [3.63, 3.8) is 0 Å². The van der Waals surface area contributed by atoms with Crippen LogP contribution in [0.5, 0.6) is 0 Å². The predicted molar refractivity (Wildman–Crippen MR) is 76.4 cm³/mol. The molecule has 2 atom stereocenters. The minimum Gasteiger partial charge on any atom is -0.480 e. The van der Waals surface area contributed by atoms with Crippen LogP contribution in [0.15, 0.2) is 0 Å². The molecule has 7 heteroatoms. The molecule has 0 aromatic carbocycles. The number of carbonyl (C=O) groups is 2. The molecule has 0 aliphatic carbocycles. The van der Waals surface area contributed by atoms with E-state index in [-0.39, 0.29) is 6.03 Å². The molecule has 0 bridgehead atoms. The van der Waals surface area contributed by atoms with E-state index in [1.54, 1.807) is 11.8 Å². The zero-order valence-electron chi connectivity index (χ0n) is 10.5. The van der Waals surface area contributed by atoms with Crippen LogP contribution in [-0.4, -0.2) is 53.2 Å². The molecule has 104 valence electrons. The number of thioether (sulfide) groups is 2. The van der Waals surface area contributed by atoms with Crippen LogP contribution in [0.3, 0.4) is 0 Å². The first-order chi connectivity index (χ1) is 8.63. The van der Waals surface area contributed by atoms with E-state index in [0.29, 0.717) is 18.9 Å². The Kier molecular flexibility index (Phi) is 7.34. The van der Waals surface area contributed by atoms with E-state index in [0.717, 1.165) is 23.7 Å². The molecule has 0 aromatic heterocycles. The van der Waals surface area contributed by atoms with Crippen LogP contribution in [0, 0.1) is 5.92 Å². The smallest absolute Gasteiger partial charge is 0.326 e. The number of amides is 2. The van der Waals surface area contributed by atoms with Crippen molar-refractivity contribution in [1.29, 1.82) is 0 Å². The summed E-state index contributed by atoms with van der Waals surface area (Å²) in [6.45, 7) is 0.633. The van der Waals surface area contributed by atoms with Gasteiger partial charge in [0, 0.05) is 6.54 Å². The van der Waals surface area contributed by atoms with Gasteiger partial charge < -0.3 is 15.7 Å². The summed E-state index contributed by atoms with van der Waals surface area (Å²) < 4.78 is 0. The van der Waals surface area contributed by atoms with Crippen molar-refractivity contribution < 1.29 is 14.7 Å². The molecule has 3 N–H and O–H groups in total. The zero-order chi connectivity index (χ0) is 13.4. The maximum atomic E-state index is 11.6. The van der Waals surface area contributed by atoms with Crippen molar-refractivity contribution in [1.82, 2.24) is 10.6 Å². The maximum absolute atomic E-state index is 11.6. The van der Waals surface area contributed by atoms with E-state index in [9.17, 15) is 9.59 Å². The summed E-state index contributed by atoms with van der Waals surface area (Å²) in [6, 6.07) is -1.17. The molecule has 1 fully saturated rings. The second-order valence-electron chi connectivity index (χ2n) is 4.26. The normalized spacial score (nSPS) is 20.4. The summed E-state index contributed by atoms with van der Waals surface area (Å²) in [5.74, 6) is 2.50. The standard InChI is InChI=1S/C11H20N2O3S2/c1-17-4-3-9(10(14)15)13-11(16)12-6-8-2-5-18-7-8/h8-9H,2-7H2,1H3,(H,14,15)(H2,12,13,16). The molecule has 1 saturated heterocycles. The number of nitrogens with one attached hydrogen (secondary N) is 2. The number of carboxylic acid groups (broad SMARTS) is 1. The minimum atomic E-state index is -0.976. The van der Waals surface area contributed by atoms with E-state index in [1.807, 2.05) is 18.0 Å². The number of aliphatic carboxylic acids is 1. The van der Waals surface area contributed by atoms with Gasteiger partial charge in [0.25, 0.3) is 0 Å². The highest BCUT2D eigenvalue weighted by molar-refractivity contribution is 7.99. The number of hydrogen-bond donors (Lipinski definition) is 3. The topological polar surface area (TPSA) is 78.4 Å². The van der Waals surface area contributed by atoms with Crippen LogP contribution in [0.25, 0.3) is 0 Å². The molecule has 2 amide bonds. The first kappa shape index (κ1) is 15.5. The van der Waals surface area contributed by atoms with E-state index >= 15 is 0 Å². The molecule has 1 rings (SSSR count). The van der Waals surface area contributed by atoms with Crippen LogP contribution in [0.4, 0.5) is 4.79 Å². The second kappa shape index (κ2) is 8.53. The average Bonchev–Trinajstić information content (AvgIpc) is 2.84. The first-order valence-electron chi connectivity index (χ1n) is 5.97. The Morgan fingerprint density at radius 1 is 1.56 bits per heavy atom. The van der Waals surface area contributed by atoms with Crippen LogP contribution >= 0.6 is 23.5 Å². The Balaban J connectivity index is 2.24. The van der Waals surface area contributed by atoms with E-state index < -0.39 is 12.0 Å². The molecule has 2 unspecified atom stereocenters. The number of carbonyl (C=O) groups excluding carboxylic acids is 1.